The molecule has 35 heavy (non-hydrogen) atoms. The lowest BCUT2D eigenvalue weighted by molar-refractivity contribution is 0.269. The fraction of sp³-hybridized carbons (Fsp3) is 0.452. The van der Waals surface area contributed by atoms with Crippen LogP contribution in [0.5, 0.6) is 11.5 Å². The summed E-state index contributed by atoms with van der Waals surface area (Å²) in [7, 11) is 2.15. The molecular formula is C31H38N2O2. The molecule has 3 aromatic rings. The molecule has 0 bridgehead atoms. The molecule has 0 amide bonds. The van der Waals surface area contributed by atoms with Crippen LogP contribution < -0.4 is 14.4 Å². The number of aromatic nitrogens is 1. The predicted octanol–water partition coefficient (Wildman–Crippen LogP) is 8.05. The Morgan fingerprint density at radius 3 is 2.51 bits per heavy atom. The highest BCUT2D eigenvalue weighted by atomic mass is 16.5. The van der Waals surface area contributed by atoms with Crippen LogP contribution in [0, 0.1) is 5.92 Å². The fourth-order valence-corrected chi connectivity index (χ4v) is 5.25. The quantitative estimate of drug-likeness (QED) is 0.266. The summed E-state index contributed by atoms with van der Waals surface area (Å²) in [6, 6.07) is 20.9. The first kappa shape index (κ1) is 23.7. The molecule has 2 aliphatic rings. The van der Waals surface area contributed by atoms with Crippen LogP contribution in [-0.4, -0.2) is 18.6 Å². The van der Waals surface area contributed by atoms with E-state index in [9.17, 15) is 0 Å². The molecule has 0 N–H and O–H groups in total. The summed E-state index contributed by atoms with van der Waals surface area (Å²) in [5.74, 6) is 3.40. The van der Waals surface area contributed by atoms with Crippen LogP contribution >= 0.6 is 0 Å². The van der Waals surface area contributed by atoms with Crippen LogP contribution in [-0.2, 0) is 6.61 Å². The van der Waals surface area contributed by atoms with Crippen molar-refractivity contribution in [1.82, 2.24) is 4.98 Å². The lowest BCUT2D eigenvalue weighted by atomic mass is 9.86. The molecular weight excluding hydrogens is 432 g/mol. The summed E-state index contributed by atoms with van der Waals surface area (Å²) in [6.07, 6.45) is 13.8. The largest absolute Gasteiger partial charge is 0.494 e. The molecule has 1 heterocycles. The van der Waals surface area contributed by atoms with Crippen molar-refractivity contribution in [2.75, 3.05) is 18.6 Å². The highest BCUT2D eigenvalue weighted by Crippen LogP contribution is 2.46. The molecule has 0 atom stereocenters. The van der Waals surface area contributed by atoms with E-state index in [1.165, 1.54) is 62.6 Å². The van der Waals surface area contributed by atoms with Crippen molar-refractivity contribution in [3.8, 4) is 11.5 Å². The van der Waals surface area contributed by atoms with Gasteiger partial charge in [-0.3, -0.25) is 4.98 Å². The third kappa shape index (κ3) is 6.56. The van der Waals surface area contributed by atoms with Gasteiger partial charge in [0.05, 0.1) is 12.3 Å². The van der Waals surface area contributed by atoms with E-state index in [4.69, 9.17) is 9.47 Å². The van der Waals surface area contributed by atoms with Crippen molar-refractivity contribution in [2.45, 2.75) is 70.3 Å². The highest BCUT2D eigenvalue weighted by molar-refractivity contribution is 5.69. The van der Waals surface area contributed by atoms with Crippen LogP contribution in [0.25, 0.3) is 0 Å². The summed E-state index contributed by atoms with van der Waals surface area (Å²) in [4.78, 5) is 6.65. The van der Waals surface area contributed by atoms with Gasteiger partial charge in [-0.05, 0) is 85.5 Å². The molecule has 0 saturated heterocycles. The number of hydrogen-bond acceptors (Lipinski definition) is 4. The summed E-state index contributed by atoms with van der Waals surface area (Å²) in [6.45, 7) is 1.29. The van der Waals surface area contributed by atoms with Crippen LogP contribution in [0.15, 0.2) is 66.9 Å². The first-order valence-corrected chi connectivity index (χ1v) is 13.4. The van der Waals surface area contributed by atoms with Crippen LogP contribution in [0.4, 0.5) is 11.4 Å². The average molecular weight is 471 g/mol. The third-order valence-corrected chi connectivity index (χ3v) is 7.45. The van der Waals surface area contributed by atoms with Gasteiger partial charge in [0, 0.05) is 30.7 Å². The second-order valence-electron chi connectivity index (χ2n) is 10.2. The van der Waals surface area contributed by atoms with E-state index in [0.29, 0.717) is 12.5 Å². The zero-order chi connectivity index (χ0) is 23.9. The molecule has 2 saturated carbocycles. The topological polar surface area (TPSA) is 34.6 Å². The van der Waals surface area contributed by atoms with Gasteiger partial charge < -0.3 is 14.4 Å². The summed E-state index contributed by atoms with van der Waals surface area (Å²) in [5.41, 5.74) is 4.70. The molecule has 5 rings (SSSR count). The van der Waals surface area contributed by atoms with Gasteiger partial charge in [-0.25, -0.2) is 0 Å². The van der Waals surface area contributed by atoms with Gasteiger partial charge in [-0.1, -0.05) is 44.2 Å². The molecule has 4 nitrogen and oxygen atoms in total. The molecule has 0 radical (unpaired) electrons. The minimum Gasteiger partial charge on any atom is -0.494 e. The Hall–Kier alpha value is -3.01. The van der Waals surface area contributed by atoms with E-state index in [-0.39, 0.29) is 0 Å². The molecule has 184 valence electrons. The number of nitrogens with zero attached hydrogens (tertiary/aromatic N) is 2. The van der Waals surface area contributed by atoms with Crippen molar-refractivity contribution >= 4 is 11.4 Å². The van der Waals surface area contributed by atoms with Crippen molar-refractivity contribution in [3.63, 3.8) is 0 Å². The van der Waals surface area contributed by atoms with Gasteiger partial charge >= 0.3 is 0 Å². The predicted molar refractivity (Wildman–Crippen MR) is 143 cm³/mol. The van der Waals surface area contributed by atoms with Crippen LogP contribution in [0.2, 0.25) is 0 Å². The van der Waals surface area contributed by atoms with Gasteiger partial charge in [0.2, 0.25) is 0 Å². The number of benzene rings is 2. The minimum absolute atomic E-state index is 0.486. The maximum Gasteiger partial charge on any atom is 0.130 e. The van der Waals surface area contributed by atoms with Gasteiger partial charge in [0.15, 0.2) is 0 Å². The smallest absolute Gasteiger partial charge is 0.130 e. The summed E-state index contributed by atoms with van der Waals surface area (Å²) in [5, 5.41) is 0. The Balaban J connectivity index is 1.21. The Labute approximate surface area is 210 Å². The van der Waals surface area contributed by atoms with Crippen molar-refractivity contribution in [2.24, 2.45) is 5.92 Å². The Morgan fingerprint density at radius 2 is 1.71 bits per heavy atom. The number of anilines is 2. The zero-order valence-corrected chi connectivity index (χ0v) is 21.0. The molecule has 0 spiro atoms. The van der Waals surface area contributed by atoms with E-state index in [2.05, 4.69) is 59.4 Å². The monoisotopic (exact) mass is 470 g/mol. The van der Waals surface area contributed by atoms with Gasteiger partial charge in [0.1, 0.15) is 18.1 Å². The van der Waals surface area contributed by atoms with Gasteiger partial charge in [-0.15, -0.1) is 0 Å². The van der Waals surface area contributed by atoms with Crippen molar-refractivity contribution in [1.29, 1.82) is 0 Å². The number of hydrogen-bond donors (Lipinski definition) is 0. The van der Waals surface area contributed by atoms with E-state index in [0.717, 1.165) is 41.8 Å². The lowest BCUT2D eigenvalue weighted by Gasteiger charge is -2.24. The number of rotatable bonds is 11. The second kappa shape index (κ2) is 11.6. The van der Waals surface area contributed by atoms with E-state index in [1.807, 2.05) is 18.2 Å². The molecule has 0 unspecified atom stereocenters. The zero-order valence-electron chi connectivity index (χ0n) is 21.0. The SMILES string of the molecule is CN(c1cccc(OCCCC2CCCCC2)c1)c1ccc(OCc2ccccn2)cc1C1CC1. The van der Waals surface area contributed by atoms with Crippen LogP contribution in [0.3, 0.4) is 0 Å². The minimum atomic E-state index is 0.486. The van der Waals surface area contributed by atoms with Gasteiger partial charge in [-0.2, -0.15) is 0 Å². The second-order valence-corrected chi connectivity index (χ2v) is 10.2. The lowest BCUT2D eigenvalue weighted by Crippen LogP contribution is -2.12. The number of ether oxygens (including phenoxy) is 2. The molecule has 4 heteroatoms. The third-order valence-electron chi connectivity index (χ3n) is 7.45. The first-order chi connectivity index (χ1) is 17.3. The van der Waals surface area contributed by atoms with E-state index < -0.39 is 0 Å². The fourth-order valence-electron chi connectivity index (χ4n) is 5.25. The molecule has 2 aromatic carbocycles. The molecule has 1 aromatic heterocycles. The molecule has 2 aliphatic carbocycles. The Morgan fingerprint density at radius 1 is 0.857 bits per heavy atom. The maximum absolute atomic E-state index is 6.15. The molecule has 2 fully saturated rings. The standard InChI is InChI=1S/C31H38N2O2/c1-33(27-13-7-14-28(21-27)34-20-8-11-24-9-3-2-4-10-24)31-18-17-29(22-30(31)25-15-16-25)35-23-26-12-5-6-19-32-26/h5-7,12-14,17-19,21-22,24-25H,2-4,8-11,15-16,20,23H2,1H3. The summed E-state index contributed by atoms with van der Waals surface area (Å²) >= 11 is 0. The van der Waals surface area contributed by atoms with Crippen molar-refractivity contribution < 1.29 is 9.47 Å². The van der Waals surface area contributed by atoms with E-state index in [1.54, 1.807) is 6.20 Å². The first-order valence-electron chi connectivity index (χ1n) is 13.4. The number of pyridine rings is 1. The highest BCUT2D eigenvalue weighted by Gasteiger charge is 2.28. The normalized spacial score (nSPS) is 16.1. The molecule has 0 aliphatic heterocycles. The van der Waals surface area contributed by atoms with Crippen molar-refractivity contribution in [3.05, 3.63) is 78.1 Å². The van der Waals surface area contributed by atoms with Gasteiger partial charge in [0.25, 0.3) is 0 Å². The van der Waals surface area contributed by atoms with E-state index >= 15 is 0 Å². The van der Waals surface area contributed by atoms with Crippen LogP contribution in [0.1, 0.15) is 75.0 Å². The Bertz CT molecular complexity index is 1070. The Kier molecular flexibility index (Phi) is 7.87. The summed E-state index contributed by atoms with van der Waals surface area (Å²) < 4.78 is 12.2. The average Bonchev–Trinajstić information content (AvgIpc) is 3.76. The maximum atomic E-state index is 6.15.